The van der Waals surface area contributed by atoms with Crippen LogP contribution in [0.15, 0.2) is 11.6 Å². The summed E-state index contributed by atoms with van der Waals surface area (Å²) >= 11 is 2.71. The van der Waals surface area contributed by atoms with Gasteiger partial charge in [0.1, 0.15) is 10.3 Å². The number of fused-ring (bicyclic) bond motifs is 1. The number of rotatable bonds is 2. The third-order valence-corrected chi connectivity index (χ3v) is 4.31. The summed E-state index contributed by atoms with van der Waals surface area (Å²) in [4.78, 5) is 13.7. The number of thiophene rings is 1. The minimum atomic E-state index is -0.160. The van der Waals surface area contributed by atoms with Gasteiger partial charge >= 0.3 is 0 Å². The Bertz CT molecular complexity index is 678. The van der Waals surface area contributed by atoms with Crippen molar-refractivity contribution in [1.29, 1.82) is 0 Å². The molecule has 0 fully saturated rings. The summed E-state index contributed by atoms with van der Waals surface area (Å²) in [6, 6.07) is 1.86. The molecular weight excluding hydrogens is 270 g/mol. The molecule has 0 bridgehead atoms. The van der Waals surface area contributed by atoms with Crippen molar-refractivity contribution in [3.63, 3.8) is 0 Å². The van der Waals surface area contributed by atoms with Crippen LogP contribution >= 0.6 is 22.7 Å². The van der Waals surface area contributed by atoms with E-state index in [0.717, 1.165) is 15.9 Å². The molecule has 18 heavy (non-hydrogen) atoms. The van der Waals surface area contributed by atoms with E-state index in [1.165, 1.54) is 22.7 Å². The lowest BCUT2D eigenvalue weighted by molar-refractivity contribution is 0.103. The van der Waals surface area contributed by atoms with Crippen LogP contribution in [0.4, 0.5) is 5.13 Å². The summed E-state index contributed by atoms with van der Waals surface area (Å²) in [5.41, 5.74) is 2.51. The molecule has 0 atom stereocenters. The zero-order chi connectivity index (χ0) is 12.7. The highest BCUT2D eigenvalue weighted by Crippen LogP contribution is 2.28. The Labute approximate surface area is 110 Å². The molecule has 3 heterocycles. The number of aryl methyl sites for hydroxylation is 2. The van der Waals surface area contributed by atoms with E-state index >= 15 is 0 Å². The molecule has 6 nitrogen and oxygen atoms in total. The van der Waals surface area contributed by atoms with E-state index in [4.69, 9.17) is 0 Å². The Morgan fingerprint density at radius 1 is 1.50 bits per heavy atom. The van der Waals surface area contributed by atoms with E-state index in [2.05, 4.69) is 20.6 Å². The van der Waals surface area contributed by atoms with Crippen LogP contribution in [0, 0.1) is 6.92 Å². The smallest absolute Gasteiger partial charge is 0.267 e. The normalized spacial score (nSPS) is 11.0. The molecule has 1 N–H and O–H groups in total. The fourth-order valence-electron chi connectivity index (χ4n) is 1.70. The zero-order valence-corrected chi connectivity index (χ0v) is 11.3. The summed E-state index contributed by atoms with van der Waals surface area (Å²) in [5.74, 6) is -0.160. The summed E-state index contributed by atoms with van der Waals surface area (Å²) in [5, 5.41) is 16.0. The number of amides is 1. The van der Waals surface area contributed by atoms with Gasteiger partial charge in [-0.15, -0.1) is 21.5 Å². The van der Waals surface area contributed by atoms with E-state index in [-0.39, 0.29) is 5.91 Å². The monoisotopic (exact) mass is 279 g/mol. The van der Waals surface area contributed by atoms with Gasteiger partial charge in [-0.2, -0.15) is 5.10 Å². The van der Waals surface area contributed by atoms with Gasteiger partial charge in [-0.25, -0.2) is 0 Å². The van der Waals surface area contributed by atoms with Gasteiger partial charge in [0.05, 0.1) is 10.6 Å². The molecule has 3 rings (SSSR count). The molecule has 0 unspecified atom stereocenters. The molecule has 3 aromatic rings. The molecule has 0 aromatic carbocycles. The van der Waals surface area contributed by atoms with Crippen molar-refractivity contribution in [2.24, 2.45) is 7.05 Å². The first kappa shape index (κ1) is 11.3. The van der Waals surface area contributed by atoms with Crippen LogP contribution in [-0.2, 0) is 7.05 Å². The molecule has 0 spiro atoms. The van der Waals surface area contributed by atoms with Crippen molar-refractivity contribution in [1.82, 2.24) is 20.0 Å². The highest BCUT2D eigenvalue weighted by Gasteiger charge is 2.15. The average molecular weight is 279 g/mol. The highest BCUT2D eigenvalue weighted by molar-refractivity contribution is 7.20. The minimum Gasteiger partial charge on any atom is -0.296 e. The van der Waals surface area contributed by atoms with Crippen LogP contribution < -0.4 is 5.32 Å². The predicted molar refractivity (Wildman–Crippen MR) is 71.2 cm³/mol. The number of anilines is 1. The fourth-order valence-corrected chi connectivity index (χ4v) is 3.16. The lowest BCUT2D eigenvalue weighted by Crippen LogP contribution is -2.09. The molecule has 0 aliphatic heterocycles. The largest absolute Gasteiger partial charge is 0.296 e. The highest BCUT2D eigenvalue weighted by atomic mass is 32.1. The lowest BCUT2D eigenvalue weighted by Gasteiger charge is -1.96. The van der Waals surface area contributed by atoms with Gasteiger partial charge in [-0.05, 0) is 13.0 Å². The number of nitrogens with zero attached hydrogens (tertiary/aromatic N) is 4. The Hall–Kier alpha value is -1.80. The van der Waals surface area contributed by atoms with E-state index in [0.29, 0.717) is 10.0 Å². The van der Waals surface area contributed by atoms with E-state index in [1.54, 1.807) is 10.2 Å². The molecule has 3 aromatic heterocycles. The van der Waals surface area contributed by atoms with Gasteiger partial charge < -0.3 is 0 Å². The Balaban J connectivity index is 1.94. The van der Waals surface area contributed by atoms with Gasteiger partial charge in [-0.1, -0.05) is 11.3 Å². The van der Waals surface area contributed by atoms with Crippen molar-refractivity contribution in [3.05, 3.63) is 22.1 Å². The van der Waals surface area contributed by atoms with Crippen molar-refractivity contribution in [2.75, 3.05) is 5.32 Å². The Kier molecular flexibility index (Phi) is 2.60. The third-order valence-electron chi connectivity index (χ3n) is 2.50. The average Bonchev–Trinajstić information content (AvgIpc) is 3.00. The van der Waals surface area contributed by atoms with Gasteiger partial charge in [0.15, 0.2) is 0 Å². The quantitative estimate of drug-likeness (QED) is 0.779. The molecule has 92 valence electrons. The molecule has 0 saturated heterocycles. The van der Waals surface area contributed by atoms with Crippen LogP contribution in [-0.4, -0.2) is 25.9 Å². The number of hydrogen-bond acceptors (Lipinski definition) is 6. The molecular formula is C10H9N5OS2. The third kappa shape index (κ3) is 1.79. The van der Waals surface area contributed by atoms with Gasteiger partial charge in [0, 0.05) is 12.4 Å². The van der Waals surface area contributed by atoms with Crippen molar-refractivity contribution < 1.29 is 4.79 Å². The van der Waals surface area contributed by atoms with Gasteiger partial charge in [-0.3, -0.25) is 14.8 Å². The summed E-state index contributed by atoms with van der Waals surface area (Å²) in [6.45, 7) is 1.93. The second-order valence-corrected chi connectivity index (χ2v) is 5.60. The van der Waals surface area contributed by atoms with Crippen molar-refractivity contribution in [3.8, 4) is 0 Å². The Morgan fingerprint density at radius 3 is 3.00 bits per heavy atom. The molecule has 0 saturated carbocycles. The number of hydrogen-bond donors (Lipinski definition) is 1. The van der Waals surface area contributed by atoms with E-state index in [1.807, 2.05) is 20.0 Å². The first-order valence-corrected chi connectivity index (χ1v) is 6.85. The second kappa shape index (κ2) is 4.14. The summed E-state index contributed by atoms with van der Waals surface area (Å²) in [6.07, 6.45) is 0. The van der Waals surface area contributed by atoms with Gasteiger partial charge in [0.25, 0.3) is 5.91 Å². The maximum absolute atomic E-state index is 12.0. The SMILES string of the molecule is Cc1nn(C)c2sc(C(=O)Nc3nncs3)cc12. The first-order valence-electron chi connectivity index (χ1n) is 5.16. The van der Waals surface area contributed by atoms with Crippen LogP contribution in [0.25, 0.3) is 10.2 Å². The Morgan fingerprint density at radius 2 is 2.33 bits per heavy atom. The molecule has 1 amide bonds. The van der Waals surface area contributed by atoms with Crippen molar-refractivity contribution >= 4 is 43.9 Å². The summed E-state index contributed by atoms with van der Waals surface area (Å²) in [7, 11) is 1.87. The number of carbonyl (C=O) groups excluding carboxylic acids is 1. The maximum atomic E-state index is 12.0. The fraction of sp³-hybridized carbons (Fsp3) is 0.200. The topological polar surface area (TPSA) is 72.7 Å². The predicted octanol–water partition coefficient (Wildman–Crippen LogP) is 2.05. The molecule has 0 aliphatic rings. The standard InChI is InChI=1S/C10H9N5OS2/c1-5-6-3-7(18-9(6)15(2)14-5)8(16)12-10-13-11-4-17-10/h3-4H,1-2H3,(H,12,13,16). The molecule has 0 radical (unpaired) electrons. The van der Waals surface area contributed by atoms with E-state index < -0.39 is 0 Å². The maximum Gasteiger partial charge on any atom is 0.267 e. The summed E-state index contributed by atoms with van der Waals surface area (Å²) < 4.78 is 1.79. The molecule has 8 heteroatoms. The van der Waals surface area contributed by atoms with Gasteiger partial charge in [0.2, 0.25) is 5.13 Å². The van der Waals surface area contributed by atoms with Crippen LogP contribution in [0.2, 0.25) is 0 Å². The zero-order valence-electron chi connectivity index (χ0n) is 9.67. The number of aromatic nitrogens is 4. The first-order chi connectivity index (χ1) is 8.65. The second-order valence-electron chi connectivity index (χ2n) is 3.74. The molecule has 0 aliphatic carbocycles. The lowest BCUT2D eigenvalue weighted by atomic mass is 10.3. The van der Waals surface area contributed by atoms with E-state index in [9.17, 15) is 4.79 Å². The number of carbonyl (C=O) groups is 1. The van der Waals surface area contributed by atoms with Crippen molar-refractivity contribution in [2.45, 2.75) is 6.92 Å². The minimum absolute atomic E-state index is 0.160. The van der Waals surface area contributed by atoms with Crippen LogP contribution in [0.1, 0.15) is 15.4 Å². The number of nitrogens with one attached hydrogen (secondary N) is 1. The van der Waals surface area contributed by atoms with Crippen LogP contribution in [0.5, 0.6) is 0 Å². The van der Waals surface area contributed by atoms with Crippen LogP contribution in [0.3, 0.4) is 0 Å².